The third-order valence-electron chi connectivity index (χ3n) is 4.28. The topological polar surface area (TPSA) is 116 Å². The quantitative estimate of drug-likeness (QED) is 0.633. The van der Waals surface area contributed by atoms with Crippen molar-refractivity contribution in [3.05, 3.63) is 40.7 Å². The van der Waals surface area contributed by atoms with Gasteiger partial charge in [-0.05, 0) is 45.4 Å². The number of nitrogens with one attached hydrogen (secondary N) is 4. The number of carbonyl (C=O) groups excluding carboxylic acids is 1. The summed E-state index contributed by atoms with van der Waals surface area (Å²) in [6.45, 7) is 8.43. The highest BCUT2D eigenvalue weighted by Crippen LogP contribution is 2.25. The normalized spacial score (nSPS) is 14.7. The van der Waals surface area contributed by atoms with Crippen LogP contribution < -0.4 is 15.4 Å². The first kappa shape index (κ1) is 19.5. The van der Waals surface area contributed by atoms with Crippen molar-refractivity contribution in [2.24, 2.45) is 0 Å². The minimum absolute atomic E-state index is 0.140. The lowest BCUT2D eigenvalue weighted by Gasteiger charge is -2.22. The summed E-state index contributed by atoms with van der Waals surface area (Å²) in [5.74, 6) is -0.363. The van der Waals surface area contributed by atoms with Crippen LogP contribution in [0.15, 0.2) is 23.1 Å². The van der Waals surface area contributed by atoms with Crippen LogP contribution in [-0.2, 0) is 23.0 Å². The molecular weight excluding hydrogens is 366 g/mol. The maximum absolute atomic E-state index is 12.7. The zero-order chi connectivity index (χ0) is 19.8. The molecule has 0 atom stereocenters. The van der Waals surface area contributed by atoms with Crippen LogP contribution in [0.5, 0.6) is 0 Å². The Kier molecular flexibility index (Phi) is 5.11. The maximum Gasteiger partial charge on any atom is 0.276 e. The van der Waals surface area contributed by atoms with E-state index in [1.54, 1.807) is 39.8 Å². The van der Waals surface area contributed by atoms with Gasteiger partial charge in [-0.1, -0.05) is 6.07 Å². The Hall–Kier alpha value is -2.23. The Balaban J connectivity index is 1.88. The van der Waals surface area contributed by atoms with Gasteiger partial charge in [0.2, 0.25) is 10.0 Å². The first-order valence-electron chi connectivity index (χ1n) is 8.80. The number of nitrogens with zero attached hydrogens (tertiary/aromatic N) is 1. The molecule has 0 bridgehead atoms. The third-order valence-corrected chi connectivity index (χ3v) is 6.19. The molecule has 2 aromatic rings. The van der Waals surface area contributed by atoms with Gasteiger partial charge in [0.05, 0.1) is 4.90 Å². The average Bonchev–Trinajstić information content (AvgIpc) is 2.98. The monoisotopic (exact) mass is 391 g/mol. The standard InChI is InChI=1S/C18H25N5O3S/c1-11-13(6-5-7-15(11)27(25,26)23-18(2,3)4)20-17(24)16-12-10-19-9-8-14(12)21-22-16/h5-7,19,23H,8-10H2,1-4H3,(H,20,24)(H,21,22). The summed E-state index contributed by atoms with van der Waals surface area (Å²) in [6.07, 6.45) is 0.793. The van der Waals surface area contributed by atoms with Gasteiger partial charge < -0.3 is 10.6 Å². The van der Waals surface area contributed by atoms with Crippen LogP contribution in [0.3, 0.4) is 0 Å². The first-order valence-corrected chi connectivity index (χ1v) is 10.3. The average molecular weight is 391 g/mol. The molecule has 0 aliphatic carbocycles. The second-order valence-electron chi connectivity index (χ2n) is 7.69. The van der Waals surface area contributed by atoms with E-state index in [2.05, 4.69) is 25.6 Å². The molecule has 27 heavy (non-hydrogen) atoms. The van der Waals surface area contributed by atoms with Crippen molar-refractivity contribution in [3.63, 3.8) is 0 Å². The number of amides is 1. The molecule has 2 heterocycles. The van der Waals surface area contributed by atoms with E-state index in [0.717, 1.165) is 24.2 Å². The van der Waals surface area contributed by atoms with E-state index in [4.69, 9.17) is 0 Å². The van der Waals surface area contributed by atoms with Gasteiger partial charge in [-0.2, -0.15) is 5.10 Å². The van der Waals surface area contributed by atoms with Gasteiger partial charge in [0, 0.05) is 42.0 Å². The van der Waals surface area contributed by atoms with E-state index < -0.39 is 15.6 Å². The van der Waals surface area contributed by atoms with Crippen LogP contribution in [0.1, 0.15) is 48.1 Å². The molecule has 1 aromatic heterocycles. The number of aromatic amines is 1. The molecule has 8 nitrogen and oxygen atoms in total. The van der Waals surface area contributed by atoms with Gasteiger partial charge >= 0.3 is 0 Å². The summed E-state index contributed by atoms with van der Waals surface area (Å²) in [5.41, 5.74) is 2.46. The summed E-state index contributed by atoms with van der Waals surface area (Å²) < 4.78 is 28.0. The van der Waals surface area contributed by atoms with Crippen LogP contribution in [0.4, 0.5) is 5.69 Å². The highest BCUT2D eigenvalue weighted by atomic mass is 32.2. The van der Waals surface area contributed by atoms with E-state index in [9.17, 15) is 13.2 Å². The molecule has 0 radical (unpaired) electrons. The number of rotatable bonds is 4. The second-order valence-corrected chi connectivity index (χ2v) is 9.35. The molecule has 146 valence electrons. The fourth-order valence-corrected chi connectivity index (χ4v) is 4.78. The molecule has 1 aromatic carbocycles. The minimum atomic E-state index is -3.71. The summed E-state index contributed by atoms with van der Waals surface area (Å²) in [4.78, 5) is 12.8. The third kappa shape index (κ3) is 4.20. The van der Waals surface area contributed by atoms with Gasteiger partial charge in [-0.25, -0.2) is 13.1 Å². The Morgan fingerprint density at radius 2 is 2.00 bits per heavy atom. The number of H-pyrrole nitrogens is 1. The van der Waals surface area contributed by atoms with Gasteiger partial charge in [-0.15, -0.1) is 0 Å². The number of benzene rings is 1. The Morgan fingerprint density at radius 1 is 1.26 bits per heavy atom. The van der Waals surface area contributed by atoms with Crippen LogP contribution >= 0.6 is 0 Å². The highest BCUT2D eigenvalue weighted by Gasteiger charge is 2.26. The smallest absolute Gasteiger partial charge is 0.276 e. The molecule has 0 unspecified atom stereocenters. The molecule has 4 N–H and O–H groups in total. The summed E-state index contributed by atoms with van der Waals surface area (Å²) in [6, 6.07) is 4.82. The molecule has 1 aliphatic heterocycles. The number of carbonyl (C=O) groups is 1. The van der Waals surface area contributed by atoms with Crippen molar-refractivity contribution in [3.8, 4) is 0 Å². The fourth-order valence-electron chi connectivity index (χ4n) is 3.09. The molecular formula is C18H25N5O3S. The maximum atomic E-state index is 12.7. The van der Waals surface area contributed by atoms with E-state index in [0.29, 0.717) is 23.5 Å². The predicted octanol–water partition coefficient (Wildman–Crippen LogP) is 1.69. The predicted molar refractivity (Wildman–Crippen MR) is 103 cm³/mol. The van der Waals surface area contributed by atoms with E-state index in [1.807, 2.05) is 0 Å². The summed E-state index contributed by atoms with van der Waals surface area (Å²) in [5, 5.41) is 13.1. The molecule has 1 aliphatic rings. The van der Waals surface area contributed by atoms with Crippen molar-refractivity contribution < 1.29 is 13.2 Å². The van der Waals surface area contributed by atoms with Crippen LogP contribution in [0.25, 0.3) is 0 Å². The van der Waals surface area contributed by atoms with Gasteiger partial charge in [0.1, 0.15) is 0 Å². The molecule has 0 saturated heterocycles. The number of sulfonamides is 1. The van der Waals surface area contributed by atoms with Crippen LogP contribution in [-0.4, -0.2) is 36.6 Å². The lowest BCUT2D eigenvalue weighted by atomic mass is 10.1. The number of hydrogen-bond acceptors (Lipinski definition) is 5. The largest absolute Gasteiger partial charge is 0.320 e. The molecule has 0 fully saturated rings. The fraction of sp³-hybridized carbons (Fsp3) is 0.444. The Morgan fingerprint density at radius 3 is 2.70 bits per heavy atom. The Labute approximate surface area is 159 Å². The van der Waals surface area contributed by atoms with Crippen molar-refractivity contribution in [2.45, 2.75) is 51.1 Å². The number of fused-ring (bicyclic) bond motifs is 1. The molecule has 9 heteroatoms. The van der Waals surface area contributed by atoms with Gasteiger partial charge in [0.25, 0.3) is 5.91 Å². The number of hydrogen-bond donors (Lipinski definition) is 4. The van der Waals surface area contributed by atoms with Gasteiger partial charge in [0.15, 0.2) is 5.69 Å². The first-order chi connectivity index (χ1) is 12.6. The van der Waals surface area contributed by atoms with Crippen LogP contribution in [0.2, 0.25) is 0 Å². The number of aromatic nitrogens is 2. The highest BCUT2D eigenvalue weighted by molar-refractivity contribution is 7.89. The lowest BCUT2D eigenvalue weighted by Crippen LogP contribution is -2.40. The molecule has 0 spiro atoms. The SMILES string of the molecule is Cc1c(NC(=O)c2n[nH]c3c2CNCC3)cccc1S(=O)(=O)NC(C)(C)C. The molecule has 1 amide bonds. The lowest BCUT2D eigenvalue weighted by molar-refractivity contribution is 0.102. The zero-order valence-corrected chi connectivity index (χ0v) is 16.8. The van der Waals surface area contributed by atoms with Gasteiger partial charge in [-0.3, -0.25) is 9.89 Å². The van der Waals surface area contributed by atoms with Crippen molar-refractivity contribution >= 4 is 21.6 Å². The van der Waals surface area contributed by atoms with Crippen molar-refractivity contribution in [1.82, 2.24) is 20.2 Å². The molecule has 0 saturated carbocycles. The number of anilines is 1. The van der Waals surface area contributed by atoms with E-state index in [-0.39, 0.29) is 10.8 Å². The second kappa shape index (κ2) is 7.06. The summed E-state index contributed by atoms with van der Waals surface area (Å²) in [7, 11) is -3.71. The Bertz CT molecular complexity index is 973. The minimum Gasteiger partial charge on any atom is -0.320 e. The zero-order valence-electron chi connectivity index (χ0n) is 15.9. The van der Waals surface area contributed by atoms with E-state index in [1.165, 1.54) is 6.07 Å². The molecule has 3 rings (SSSR count). The van der Waals surface area contributed by atoms with E-state index >= 15 is 0 Å². The van der Waals surface area contributed by atoms with Crippen molar-refractivity contribution in [1.29, 1.82) is 0 Å². The van der Waals surface area contributed by atoms with Crippen LogP contribution in [0, 0.1) is 6.92 Å². The van der Waals surface area contributed by atoms with Crippen molar-refractivity contribution in [2.75, 3.05) is 11.9 Å². The summed E-state index contributed by atoms with van der Waals surface area (Å²) >= 11 is 0.